The van der Waals surface area contributed by atoms with Crippen molar-refractivity contribution in [3.05, 3.63) is 29.8 Å². The Bertz CT molecular complexity index is 763. The van der Waals surface area contributed by atoms with Crippen LogP contribution in [0.2, 0.25) is 0 Å². The predicted molar refractivity (Wildman–Crippen MR) is 106 cm³/mol. The zero-order chi connectivity index (χ0) is 18.7. The van der Waals surface area contributed by atoms with Crippen LogP contribution in [0.1, 0.15) is 45.6 Å². The molecule has 26 heavy (non-hydrogen) atoms. The minimum atomic E-state index is 0.206. The number of rotatable bonds is 5. The molecule has 1 aliphatic heterocycles. The molecule has 1 fully saturated rings. The molecule has 0 N–H and O–H groups in total. The molecule has 6 heteroatoms. The van der Waals surface area contributed by atoms with Gasteiger partial charge in [-0.3, -0.25) is 4.79 Å². The molecule has 0 radical (unpaired) electrons. The minimum absolute atomic E-state index is 0.206. The molecule has 0 saturated carbocycles. The first-order chi connectivity index (χ1) is 12.5. The van der Waals surface area contributed by atoms with Crippen molar-refractivity contribution < 1.29 is 4.79 Å². The number of carbonyl (C=O) groups excluding carboxylic acids is 1. The van der Waals surface area contributed by atoms with E-state index in [0.717, 1.165) is 35.9 Å². The van der Waals surface area contributed by atoms with Gasteiger partial charge in [0.1, 0.15) is 0 Å². The van der Waals surface area contributed by atoms with E-state index in [-0.39, 0.29) is 5.91 Å². The smallest absolute Gasteiger partial charge is 0.233 e. The Hall–Kier alpha value is -1.82. The fourth-order valence-corrected chi connectivity index (χ4v) is 4.69. The number of hydrogen-bond acceptors (Lipinski definition) is 4. The molecular weight excluding hydrogens is 344 g/mol. The summed E-state index contributed by atoms with van der Waals surface area (Å²) < 4.78 is 2.10. The zero-order valence-electron chi connectivity index (χ0n) is 16.1. The first-order valence-corrected chi connectivity index (χ1v) is 10.4. The highest BCUT2D eigenvalue weighted by atomic mass is 32.2. The number of aromatic nitrogens is 3. The number of benzene rings is 1. The SMILES string of the molecule is CCn1c(SCC(=O)N2[C@H](C)CCC[C@@H]2C)nnc1-c1ccccc1C. The van der Waals surface area contributed by atoms with Gasteiger partial charge < -0.3 is 9.47 Å². The molecule has 1 amide bonds. The van der Waals surface area contributed by atoms with Crippen LogP contribution in [0.25, 0.3) is 11.4 Å². The molecule has 0 bridgehead atoms. The van der Waals surface area contributed by atoms with Crippen molar-refractivity contribution >= 4 is 17.7 Å². The standard InChI is InChI=1S/C20H28N4OS/c1-5-23-19(17-12-7-6-9-14(17)2)21-22-20(23)26-13-18(25)24-15(3)10-8-11-16(24)4/h6-7,9,12,15-16H,5,8,10-11,13H2,1-4H3/t15-,16+. The Morgan fingerprint density at radius 1 is 1.19 bits per heavy atom. The number of thioether (sulfide) groups is 1. The van der Waals surface area contributed by atoms with E-state index in [1.54, 1.807) is 0 Å². The fraction of sp³-hybridized carbons (Fsp3) is 0.550. The summed E-state index contributed by atoms with van der Waals surface area (Å²) in [6.07, 6.45) is 3.41. The highest BCUT2D eigenvalue weighted by Gasteiger charge is 2.29. The number of hydrogen-bond donors (Lipinski definition) is 0. The molecule has 2 aromatic rings. The Labute approximate surface area is 160 Å². The predicted octanol–water partition coefficient (Wildman–Crippen LogP) is 4.16. The average Bonchev–Trinajstić information content (AvgIpc) is 3.03. The Morgan fingerprint density at radius 3 is 2.54 bits per heavy atom. The lowest BCUT2D eigenvalue weighted by atomic mass is 9.98. The van der Waals surface area contributed by atoms with E-state index in [1.807, 2.05) is 12.1 Å². The molecule has 5 nitrogen and oxygen atoms in total. The maximum atomic E-state index is 12.8. The summed E-state index contributed by atoms with van der Waals surface area (Å²) in [5.74, 6) is 1.50. The van der Waals surface area contributed by atoms with Gasteiger partial charge >= 0.3 is 0 Å². The normalized spacial score (nSPS) is 20.4. The van der Waals surface area contributed by atoms with Gasteiger partial charge in [-0.15, -0.1) is 10.2 Å². The second-order valence-corrected chi connectivity index (χ2v) is 8.03. The summed E-state index contributed by atoms with van der Waals surface area (Å²) in [6.45, 7) is 9.26. The van der Waals surface area contributed by atoms with Crippen LogP contribution in [0, 0.1) is 6.92 Å². The molecule has 2 atom stereocenters. The van der Waals surface area contributed by atoms with Crippen molar-refractivity contribution in [3.63, 3.8) is 0 Å². The van der Waals surface area contributed by atoms with Gasteiger partial charge in [-0.25, -0.2) is 0 Å². The first kappa shape index (κ1) is 19.0. The quantitative estimate of drug-likeness (QED) is 0.740. The Kier molecular flexibility index (Phi) is 6.01. The van der Waals surface area contributed by atoms with Gasteiger partial charge in [-0.2, -0.15) is 0 Å². The van der Waals surface area contributed by atoms with E-state index >= 15 is 0 Å². The number of aryl methyl sites for hydroxylation is 1. The van der Waals surface area contributed by atoms with Crippen LogP contribution in [0.5, 0.6) is 0 Å². The van der Waals surface area contributed by atoms with Gasteiger partial charge in [0.2, 0.25) is 5.91 Å². The van der Waals surface area contributed by atoms with Gasteiger partial charge in [0.25, 0.3) is 0 Å². The minimum Gasteiger partial charge on any atom is -0.337 e. The summed E-state index contributed by atoms with van der Waals surface area (Å²) in [4.78, 5) is 14.8. The maximum Gasteiger partial charge on any atom is 0.233 e. The van der Waals surface area contributed by atoms with Crippen molar-refractivity contribution in [2.45, 2.75) is 70.7 Å². The number of piperidine rings is 1. The number of amides is 1. The van der Waals surface area contributed by atoms with E-state index in [1.165, 1.54) is 23.7 Å². The third-order valence-electron chi connectivity index (χ3n) is 5.23. The summed E-state index contributed by atoms with van der Waals surface area (Å²) in [7, 11) is 0. The van der Waals surface area contributed by atoms with Gasteiger partial charge in [0, 0.05) is 24.2 Å². The second-order valence-electron chi connectivity index (χ2n) is 7.08. The summed E-state index contributed by atoms with van der Waals surface area (Å²) >= 11 is 1.50. The number of nitrogens with zero attached hydrogens (tertiary/aromatic N) is 4. The Morgan fingerprint density at radius 2 is 1.88 bits per heavy atom. The van der Waals surface area contributed by atoms with Crippen molar-refractivity contribution in [1.82, 2.24) is 19.7 Å². The van der Waals surface area contributed by atoms with Crippen LogP contribution >= 0.6 is 11.8 Å². The maximum absolute atomic E-state index is 12.8. The van der Waals surface area contributed by atoms with Crippen molar-refractivity contribution in [2.24, 2.45) is 0 Å². The average molecular weight is 373 g/mol. The molecule has 3 rings (SSSR count). The third kappa shape index (κ3) is 3.80. The summed E-state index contributed by atoms with van der Waals surface area (Å²) in [5, 5.41) is 9.59. The largest absolute Gasteiger partial charge is 0.337 e. The zero-order valence-corrected chi connectivity index (χ0v) is 16.9. The van der Waals surface area contributed by atoms with Crippen molar-refractivity contribution in [3.8, 4) is 11.4 Å². The Balaban J connectivity index is 1.75. The van der Waals surface area contributed by atoms with Crippen LogP contribution in [-0.2, 0) is 11.3 Å². The molecule has 1 saturated heterocycles. The monoisotopic (exact) mass is 372 g/mol. The topological polar surface area (TPSA) is 51.0 Å². The van der Waals surface area contributed by atoms with Gasteiger partial charge in [-0.05, 0) is 52.5 Å². The molecule has 140 valence electrons. The van der Waals surface area contributed by atoms with Crippen LogP contribution in [0.15, 0.2) is 29.4 Å². The highest BCUT2D eigenvalue weighted by Crippen LogP contribution is 2.28. The van der Waals surface area contributed by atoms with Crippen LogP contribution in [0.3, 0.4) is 0 Å². The van der Waals surface area contributed by atoms with E-state index in [4.69, 9.17) is 0 Å². The summed E-state index contributed by atoms with van der Waals surface area (Å²) in [6, 6.07) is 8.87. The lowest BCUT2D eigenvalue weighted by Gasteiger charge is -2.39. The van der Waals surface area contributed by atoms with E-state index in [9.17, 15) is 4.79 Å². The van der Waals surface area contributed by atoms with E-state index in [2.05, 4.69) is 59.5 Å². The van der Waals surface area contributed by atoms with Crippen molar-refractivity contribution in [2.75, 3.05) is 5.75 Å². The van der Waals surface area contributed by atoms with E-state index < -0.39 is 0 Å². The second kappa shape index (κ2) is 8.25. The molecule has 0 unspecified atom stereocenters. The molecule has 1 aromatic carbocycles. The van der Waals surface area contributed by atoms with Crippen molar-refractivity contribution in [1.29, 1.82) is 0 Å². The lowest BCUT2D eigenvalue weighted by molar-refractivity contribution is -0.134. The molecule has 0 spiro atoms. The molecule has 0 aliphatic carbocycles. The fourth-order valence-electron chi connectivity index (χ4n) is 3.82. The molecule has 1 aliphatic rings. The van der Waals surface area contributed by atoms with Crippen LogP contribution < -0.4 is 0 Å². The third-order valence-corrected chi connectivity index (χ3v) is 6.18. The van der Waals surface area contributed by atoms with Crippen LogP contribution in [-0.4, -0.2) is 43.4 Å². The molecule has 1 aromatic heterocycles. The molecule has 2 heterocycles. The van der Waals surface area contributed by atoms with E-state index in [0.29, 0.717) is 17.8 Å². The number of carbonyl (C=O) groups is 1. The molecular formula is C20H28N4OS. The number of likely N-dealkylation sites (tertiary alicyclic amines) is 1. The lowest BCUT2D eigenvalue weighted by Crippen LogP contribution is -2.48. The van der Waals surface area contributed by atoms with Gasteiger partial charge in [0.15, 0.2) is 11.0 Å². The first-order valence-electron chi connectivity index (χ1n) is 9.46. The van der Waals surface area contributed by atoms with Gasteiger partial charge in [0.05, 0.1) is 5.75 Å². The van der Waals surface area contributed by atoms with Crippen LogP contribution in [0.4, 0.5) is 0 Å². The summed E-state index contributed by atoms with van der Waals surface area (Å²) in [5.41, 5.74) is 2.27. The highest BCUT2D eigenvalue weighted by molar-refractivity contribution is 7.99. The van der Waals surface area contributed by atoms with Gasteiger partial charge in [-0.1, -0.05) is 36.0 Å².